The third-order valence-corrected chi connectivity index (χ3v) is 6.17. The van der Waals surface area contributed by atoms with Crippen LogP contribution < -0.4 is 0 Å². The Kier molecular flexibility index (Phi) is 12.4. The van der Waals surface area contributed by atoms with Crippen molar-refractivity contribution in [3.8, 4) is 23.7 Å². The summed E-state index contributed by atoms with van der Waals surface area (Å²) in [5, 5.41) is 10.9. The second-order valence-electron chi connectivity index (χ2n) is 9.08. The van der Waals surface area contributed by atoms with Crippen LogP contribution in [0.5, 0.6) is 0 Å². The van der Waals surface area contributed by atoms with E-state index in [9.17, 15) is 14.9 Å². The van der Waals surface area contributed by atoms with Crippen LogP contribution in [-0.2, 0) is 4.74 Å². The lowest BCUT2D eigenvalue weighted by Gasteiger charge is -2.12. The summed E-state index contributed by atoms with van der Waals surface area (Å²) in [4.78, 5) is 23.0. The lowest BCUT2D eigenvalue weighted by molar-refractivity contribution is -0.384. The molecule has 35 heavy (non-hydrogen) atoms. The zero-order chi connectivity index (χ0) is 25.5. The van der Waals surface area contributed by atoms with Crippen LogP contribution in [0.2, 0.25) is 0 Å². The second kappa shape index (κ2) is 15.6. The van der Waals surface area contributed by atoms with Gasteiger partial charge in [-0.1, -0.05) is 75.9 Å². The molecule has 1 aliphatic carbocycles. The smallest absolute Gasteiger partial charge is 0.339 e. The van der Waals surface area contributed by atoms with Crippen LogP contribution in [-0.4, -0.2) is 17.0 Å². The fourth-order valence-electron chi connectivity index (χ4n) is 4.02. The van der Waals surface area contributed by atoms with Crippen molar-refractivity contribution in [2.24, 2.45) is 5.92 Å². The number of hydrogen-bond acceptors (Lipinski definition) is 4. The average molecular weight is 476 g/mol. The summed E-state index contributed by atoms with van der Waals surface area (Å²) in [5.41, 5.74) is 2.05. The molecule has 186 valence electrons. The zero-order valence-electron chi connectivity index (χ0n) is 20.9. The van der Waals surface area contributed by atoms with Crippen molar-refractivity contribution >= 4 is 11.7 Å². The number of carbonyl (C=O) groups is 1. The molecule has 1 atom stereocenters. The Morgan fingerprint density at radius 3 is 2.49 bits per heavy atom. The normalized spacial score (nSPS) is 13.6. The second-order valence-corrected chi connectivity index (χ2v) is 9.08. The number of nitrogens with zero attached hydrogens (tertiary/aromatic N) is 1. The first-order chi connectivity index (χ1) is 16.9. The molecule has 1 aliphatic rings. The van der Waals surface area contributed by atoms with Gasteiger partial charge in [0, 0.05) is 18.6 Å². The van der Waals surface area contributed by atoms with Crippen LogP contribution in [0.1, 0.15) is 94.3 Å². The number of nitro groups is 1. The van der Waals surface area contributed by atoms with Crippen LogP contribution in [0.15, 0.2) is 48.6 Å². The Morgan fingerprint density at radius 1 is 1.11 bits per heavy atom. The summed E-state index contributed by atoms with van der Waals surface area (Å²) in [7, 11) is 0. The first-order valence-electron chi connectivity index (χ1n) is 12.7. The topological polar surface area (TPSA) is 69.4 Å². The predicted molar refractivity (Wildman–Crippen MR) is 141 cm³/mol. The molecule has 5 heteroatoms. The minimum Gasteiger partial charge on any atom is -0.446 e. The Hall–Kier alpha value is -3.31. The SMILES string of the molecule is C=C(C#CC(CCCC#CC(=C)C1CCCC1)OC(=O)c1ccc([N+](=O)[O-])cc1)CCCCCC. The fraction of sp³-hybridized carbons (Fsp3) is 0.500. The molecule has 0 saturated heterocycles. The van der Waals surface area contributed by atoms with E-state index in [4.69, 9.17) is 4.74 Å². The van der Waals surface area contributed by atoms with Crippen molar-refractivity contribution in [3.63, 3.8) is 0 Å². The molecule has 1 unspecified atom stereocenters. The van der Waals surface area contributed by atoms with Crippen molar-refractivity contribution in [2.75, 3.05) is 0 Å². The lowest BCUT2D eigenvalue weighted by atomic mass is 9.99. The third kappa shape index (κ3) is 10.7. The number of carbonyl (C=O) groups excluding carboxylic acids is 1. The molecule has 0 aromatic heterocycles. The highest BCUT2D eigenvalue weighted by Gasteiger charge is 2.17. The minimum atomic E-state index is -0.593. The molecule has 0 radical (unpaired) electrons. The highest BCUT2D eigenvalue weighted by Crippen LogP contribution is 2.29. The van der Waals surface area contributed by atoms with E-state index < -0.39 is 17.0 Å². The van der Waals surface area contributed by atoms with Crippen molar-refractivity contribution in [1.29, 1.82) is 0 Å². The molecule has 1 aromatic carbocycles. The van der Waals surface area contributed by atoms with Gasteiger partial charge in [0.1, 0.15) is 0 Å². The lowest BCUT2D eigenvalue weighted by Crippen LogP contribution is -2.17. The highest BCUT2D eigenvalue weighted by molar-refractivity contribution is 5.89. The Labute approximate surface area is 210 Å². The first-order valence-corrected chi connectivity index (χ1v) is 12.7. The van der Waals surface area contributed by atoms with Crippen LogP contribution in [0.25, 0.3) is 0 Å². The third-order valence-electron chi connectivity index (χ3n) is 6.17. The summed E-state index contributed by atoms with van der Waals surface area (Å²) < 4.78 is 5.65. The standard InChI is InChI=1S/C30H37NO4/c1-4-5-6-8-13-24(2)18-23-29(17-10-7-9-14-25(3)26-15-11-12-16-26)35-30(32)27-19-21-28(22-20-27)31(33)34/h19-22,26,29H,2-8,10-13,15-17H2,1H3. The van der Waals surface area contributed by atoms with Gasteiger partial charge < -0.3 is 4.74 Å². The van der Waals surface area contributed by atoms with Crippen molar-refractivity contribution in [1.82, 2.24) is 0 Å². The average Bonchev–Trinajstić information content (AvgIpc) is 3.40. The van der Waals surface area contributed by atoms with Gasteiger partial charge in [0.2, 0.25) is 0 Å². The molecule has 1 saturated carbocycles. The number of benzene rings is 1. The van der Waals surface area contributed by atoms with Crippen LogP contribution >= 0.6 is 0 Å². The van der Waals surface area contributed by atoms with Gasteiger partial charge in [-0.3, -0.25) is 10.1 Å². The Bertz CT molecular complexity index is 995. The van der Waals surface area contributed by atoms with E-state index in [0.29, 0.717) is 18.8 Å². The maximum absolute atomic E-state index is 12.6. The zero-order valence-corrected chi connectivity index (χ0v) is 20.9. The Morgan fingerprint density at radius 2 is 1.83 bits per heavy atom. The molecule has 0 heterocycles. The van der Waals surface area contributed by atoms with Crippen LogP contribution in [0.4, 0.5) is 5.69 Å². The Balaban J connectivity index is 1.95. The number of allylic oxidation sites excluding steroid dienone is 2. The number of nitro benzene ring substituents is 1. The molecule has 1 aromatic rings. The predicted octanol–water partition coefficient (Wildman–Crippen LogP) is 7.57. The highest BCUT2D eigenvalue weighted by atomic mass is 16.6. The minimum absolute atomic E-state index is 0.0740. The largest absolute Gasteiger partial charge is 0.446 e. The summed E-state index contributed by atoms with van der Waals surface area (Å²) in [6, 6.07) is 5.39. The molecule has 1 fully saturated rings. The molecule has 2 rings (SSSR count). The number of rotatable bonds is 12. The van der Waals surface area contributed by atoms with Crippen LogP contribution in [0, 0.1) is 39.7 Å². The van der Waals surface area contributed by atoms with Crippen molar-refractivity contribution < 1.29 is 14.5 Å². The van der Waals surface area contributed by atoms with E-state index in [1.165, 1.54) is 62.8 Å². The van der Waals surface area contributed by atoms with Gasteiger partial charge in [-0.2, -0.15) is 0 Å². The van der Waals surface area contributed by atoms with E-state index in [-0.39, 0.29) is 11.3 Å². The number of esters is 1. The van der Waals surface area contributed by atoms with E-state index in [2.05, 4.69) is 43.8 Å². The summed E-state index contributed by atoms with van der Waals surface area (Å²) in [6.07, 6.45) is 11.7. The van der Waals surface area contributed by atoms with Crippen LogP contribution in [0.3, 0.4) is 0 Å². The number of non-ortho nitro benzene ring substituents is 1. The quantitative estimate of drug-likeness (QED) is 0.103. The summed E-state index contributed by atoms with van der Waals surface area (Å²) in [5.74, 6) is 12.5. The monoisotopic (exact) mass is 475 g/mol. The van der Waals surface area contributed by atoms with Gasteiger partial charge in [-0.05, 0) is 67.7 Å². The maximum Gasteiger partial charge on any atom is 0.339 e. The molecular formula is C30H37NO4. The van der Waals surface area contributed by atoms with Gasteiger partial charge >= 0.3 is 5.97 Å². The first kappa shape index (κ1) is 27.9. The number of ether oxygens (including phenoxy) is 1. The van der Waals surface area contributed by atoms with E-state index >= 15 is 0 Å². The number of hydrogen-bond donors (Lipinski definition) is 0. The van der Waals surface area contributed by atoms with Gasteiger partial charge in [0.15, 0.2) is 6.10 Å². The van der Waals surface area contributed by atoms with Crippen molar-refractivity contribution in [2.45, 2.75) is 90.1 Å². The van der Waals surface area contributed by atoms with Gasteiger partial charge in [0.05, 0.1) is 10.5 Å². The summed E-state index contributed by atoms with van der Waals surface area (Å²) >= 11 is 0. The molecule has 0 amide bonds. The van der Waals surface area contributed by atoms with Gasteiger partial charge in [0.25, 0.3) is 5.69 Å². The molecule has 0 N–H and O–H groups in total. The van der Waals surface area contributed by atoms with Gasteiger partial charge in [-0.25, -0.2) is 4.79 Å². The fourth-order valence-corrected chi connectivity index (χ4v) is 4.02. The van der Waals surface area contributed by atoms with E-state index in [1.807, 2.05) is 0 Å². The number of unbranched alkanes of at least 4 members (excludes halogenated alkanes) is 4. The van der Waals surface area contributed by atoms with Crippen molar-refractivity contribution in [3.05, 3.63) is 64.2 Å². The van der Waals surface area contributed by atoms with Gasteiger partial charge in [-0.15, -0.1) is 0 Å². The molecule has 0 bridgehead atoms. The van der Waals surface area contributed by atoms with E-state index in [0.717, 1.165) is 36.8 Å². The summed E-state index contributed by atoms with van der Waals surface area (Å²) in [6.45, 7) is 10.3. The van der Waals surface area contributed by atoms with E-state index in [1.54, 1.807) is 0 Å². The molecule has 0 aliphatic heterocycles. The molecule has 0 spiro atoms. The molecular weight excluding hydrogens is 438 g/mol. The maximum atomic E-state index is 12.6. The molecule has 5 nitrogen and oxygen atoms in total.